The second kappa shape index (κ2) is 5.90. The molecule has 1 N–H and O–H groups in total. The Labute approximate surface area is 129 Å². The van der Waals surface area contributed by atoms with Gasteiger partial charge in [0, 0.05) is 27.2 Å². The van der Waals surface area contributed by atoms with Crippen molar-refractivity contribution in [3.8, 4) is 11.5 Å². The zero-order valence-electron chi connectivity index (χ0n) is 11.7. The summed E-state index contributed by atoms with van der Waals surface area (Å²) >= 11 is 3.37. The van der Waals surface area contributed by atoms with Gasteiger partial charge in [-0.1, -0.05) is 5.21 Å². The molecule has 10 heteroatoms. The van der Waals surface area contributed by atoms with E-state index in [1.54, 1.807) is 18.8 Å². The van der Waals surface area contributed by atoms with Crippen LogP contribution in [0.2, 0.25) is 0 Å². The van der Waals surface area contributed by atoms with Crippen LogP contribution < -0.4 is 10.2 Å². The summed E-state index contributed by atoms with van der Waals surface area (Å²) in [6.45, 7) is 2.87. The van der Waals surface area contributed by atoms with Gasteiger partial charge < -0.3 is 15.0 Å². The minimum Gasteiger partial charge on any atom is -0.378 e. The minimum absolute atomic E-state index is 0.509. The average molecular weight is 355 g/mol. The first-order valence-electron chi connectivity index (χ1n) is 6.51. The van der Waals surface area contributed by atoms with Crippen LogP contribution in [0, 0.1) is 0 Å². The van der Waals surface area contributed by atoms with Crippen LogP contribution in [0.25, 0.3) is 11.5 Å². The van der Waals surface area contributed by atoms with Gasteiger partial charge in [-0.05, 0) is 15.9 Å². The van der Waals surface area contributed by atoms with Gasteiger partial charge in [0.25, 0.3) is 0 Å². The van der Waals surface area contributed by atoms with Gasteiger partial charge in [0.2, 0.25) is 11.9 Å². The molecule has 0 amide bonds. The predicted molar refractivity (Wildman–Crippen MR) is 80.1 cm³/mol. The maximum atomic E-state index is 5.36. The zero-order chi connectivity index (χ0) is 14.8. The van der Waals surface area contributed by atoms with E-state index in [1.807, 2.05) is 0 Å². The summed E-state index contributed by atoms with van der Waals surface area (Å²) in [5.41, 5.74) is 0.711. The molecule has 0 bridgehead atoms. The first-order chi connectivity index (χ1) is 10.2. The number of anilines is 2. The van der Waals surface area contributed by atoms with Crippen LogP contribution in [0.4, 0.5) is 11.9 Å². The largest absolute Gasteiger partial charge is 0.378 e. The van der Waals surface area contributed by atoms with E-state index in [2.05, 4.69) is 51.4 Å². The Bertz CT molecular complexity index is 620. The SMILES string of the molecule is CNc1nc(-c2c(Br)nnn2C)nc(N2CCOCC2)n1. The molecule has 1 aliphatic rings. The third kappa shape index (κ3) is 2.81. The summed E-state index contributed by atoms with van der Waals surface area (Å²) in [6.07, 6.45) is 0. The van der Waals surface area contributed by atoms with E-state index in [9.17, 15) is 0 Å². The number of morpholine rings is 1. The fourth-order valence-electron chi connectivity index (χ4n) is 2.06. The van der Waals surface area contributed by atoms with E-state index in [0.29, 0.717) is 41.2 Å². The molecule has 0 spiro atoms. The fraction of sp³-hybridized carbons (Fsp3) is 0.545. The Hall–Kier alpha value is -1.81. The monoisotopic (exact) mass is 354 g/mol. The minimum atomic E-state index is 0.509. The molecule has 1 fully saturated rings. The number of halogens is 1. The number of ether oxygens (including phenoxy) is 1. The fourth-order valence-corrected chi connectivity index (χ4v) is 2.56. The maximum absolute atomic E-state index is 5.36. The van der Waals surface area contributed by atoms with E-state index in [-0.39, 0.29) is 0 Å². The summed E-state index contributed by atoms with van der Waals surface area (Å²) in [7, 11) is 3.57. The number of nitrogens with one attached hydrogen (secondary N) is 1. The van der Waals surface area contributed by atoms with Gasteiger partial charge >= 0.3 is 0 Å². The highest BCUT2D eigenvalue weighted by Crippen LogP contribution is 2.25. The lowest BCUT2D eigenvalue weighted by atomic mass is 10.4. The van der Waals surface area contributed by atoms with Gasteiger partial charge in [0.1, 0.15) is 5.69 Å². The first kappa shape index (κ1) is 14.1. The molecule has 0 saturated carbocycles. The summed E-state index contributed by atoms with van der Waals surface area (Å²) in [4.78, 5) is 15.4. The van der Waals surface area contributed by atoms with Gasteiger partial charge in [-0.25, -0.2) is 4.68 Å². The summed E-state index contributed by atoms with van der Waals surface area (Å²) in [5, 5.41) is 10.9. The lowest BCUT2D eigenvalue weighted by Gasteiger charge is -2.27. The van der Waals surface area contributed by atoms with Crippen molar-refractivity contribution in [1.82, 2.24) is 29.9 Å². The molecule has 0 aromatic carbocycles. The summed E-state index contributed by atoms with van der Waals surface area (Å²) in [6, 6.07) is 0. The van der Waals surface area contributed by atoms with E-state index in [4.69, 9.17) is 4.74 Å². The molecule has 1 aliphatic heterocycles. The van der Waals surface area contributed by atoms with Gasteiger partial charge in [0.05, 0.1) is 13.2 Å². The lowest BCUT2D eigenvalue weighted by molar-refractivity contribution is 0.122. The topological polar surface area (TPSA) is 93.9 Å². The number of aryl methyl sites for hydroxylation is 1. The van der Waals surface area contributed by atoms with Crippen molar-refractivity contribution in [2.45, 2.75) is 0 Å². The van der Waals surface area contributed by atoms with Gasteiger partial charge in [-0.15, -0.1) is 5.10 Å². The van der Waals surface area contributed by atoms with Crippen molar-refractivity contribution in [3.63, 3.8) is 0 Å². The van der Waals surface area contributed by atoms with Crippen LogP contribution in [0.15, 0.2) is 4.60 Å². The Morgan fingerprint density at radius 3 is 2.57 bits per heavy atom. The van der Waals surface area contributed by atoms with Crippen molar-refractivity contribution in [3.05, 3.63) is 4.60 Å². The van der Waals surface area contributed by atoms with Crippen LogP contribution in [0.3, 0.4) is 0 Å². The molecule has 1 saturated heterocycles. The van der Waals surface area contributed by atoms with E-state index in [1.165, 1.54) is 0 Å². The molecule has 0 unspecified atom stereocenters. The van der Waals surface area contributed by atoms with Gasteiger partial charge in [0.15, 0.2) is 10.4 Å². The molecule has 3 rings (SSSR count). The van der Waals surface area contributed by atoms with Crippen molar-refractivity contribution in [2.24, 2.45) is 7.05 Å². The molecular formula is C11H15BrN8O. The summed E-state index contributed by atoms with van der Waals surface area (Å²) in [5.74, 6) is 1.66. The highest BCUT2D eigenvalue weighted by atomic mass is 79.9. The van der Waals surface area contributed by atoms with E-state index < -0.39 is 0 Å². The van der Waals surface area contributed by atoms with Crippen molar-refractivity contribution < 1.29 is 4.74 Å². The van der Waals surface area contributed by atoms with Crippen LogP contribution >= 0.6 is 15.9 Å². The predicted octanol–water partition coefficient (Wildman–Crippen LogP) is 0.308. The van der Waals surface area contributed by atoms with Crippen molar-refractivity contribution in [2.75, 3.05) is 43.6 Å². The van der Waals surface area contributed by atoms with Gasteiger partial charge in [-0.3, -0.25) is 0 Å². The molecular weight excluding hydrogens is 340 g/mol. The van der Waals surface area contributed by atoms with Crippen LogP contribution in [0.1, 0.15) is 0 Å². The molecule has 0 aliphatic carbocycles. The van der Waals surface area contributed by atoms with Crippen LogP contribution in [-0.4, -0.2) is 63.3 Å². The Balaban J connectivity index is 2.04. The molecule has 2 aromatic heterocycles. The second-order valence-corrected chi connectivity index (χ2v) is 5.24. The number of hydrogen-bond acceptors (Lipinski definition) is 8. The smallest absolute Gasteiger partial charge is 0.230 e. The average Bonchev–Trinajstić information content (AvgIpc) is 2.86. The zero-order valence-corrected chi connectivity index (χ0v) is 13.3. The normalized spacial score (nSPS) is 15.3. The third-order valence-electron chi connectivity index (χ3n) is 3.14. The van der Waals surface area contributed by atoms with E-state index >= 15 is 0 Å². The number of nitrogens with zero attached hydrogens (tertiary/aromatic N) is 7. The highest BCUT2D eigenvalue weighted by Gasteiger charge is 2.20. The number of hydrogen-bond donors (Lipinski definition) is 1. The van der Waals surface area contributed by atoms with Gasteiger partial charge in [-0.2, -0.15) is 15.0 Å². The molecule has 0 atom stereocenters. The Morgan fingerprint density at radius 2 is 1.95 bits per heavy atom. The Morgan fingerprint density at radius 1 is 1.19 bits per heavy atom. The molecule has 112 valence electrons. The standard InChI is InChI=1S/C11H15BrN8O/c1-13-10-14-9(7-8(12)17-18-19(7)2)15-11(16-10)20-3-5-21-6-4-20/h3-6H2,1-2H3,(H,13,14,15,16). The number of rotatable bonds is 3. The van der Waals surface area contributed by atoms with E-state index in [0.717, 1.165) is 13.1 Å². The van der Waals surface area contributed by atoms with Crippen molar-refractivity contribution in [1.29, 1.82) is 0 Å². The highest BCUT2D eigenvalue weighted by molar-refractivity contribution is 9.10. The first-order valence-corrected chi connectivity index (χ1v) is 7.30. The van der Waals surface area contributed by atoms with Crippen LogP contribution in [-0.2, 0) is 11.8 Å². The second-order valence-electron chi connectivity index (χ2n) is 4.48. The third-order valence-corrected chi connectivity index (χ3v) is 3.67. The molecule has 3 heterocycles. The molecule has 9 nitrogen and oxygen atoms in total. The lowest BCUT2D eigenvalue weighted by Crippen LogP contribution is -2.37. The Kier molecular flexibility index (Phi) is 3.97. The quantitative estimate of drug-likeness (QED) is 0.841. The van der Waals surface area contributed by atoms with Crippen LogP contribution in [0.5, 0.6) is 0 Å². The van der Waals surface area contributed by atoms with Crippen molar-refractivity contribution >= 4 is 27.8 Å². The molecule has 21 heavy (non-hydrogen) atoms. The summed E-state index contributed by atoms with van der Waals surface area (Å²) < 4.78 is 7.59. The molecule has 2 aromatic rings. The number of aromatic nitrogens is 6. The molecule has 0 radical (unpaired) electrons. The maximum Gasteiger partial charge on any atom is 0.230 e.